The number of aliphatic hydroxyl groups is 2. The Morgan fingerprint density at radius 3 is 2.45 bits per heavy atom. The molecule has 0 saturated heterocycles. The Morgan fingerprint density at radius 1 is 1.18 bits per heavy atom. The van der Waals surface area contributed by atoms with Crippen molar-refractivity contribution >= 4 is 22.6 Å². The van der Waals surface area contributed by atoms with Gasteiger partial charge in [-0.3, -0.25) is 19.9 Å². The fourth-order valence-corrected chi connectivity index (χ4v) is 4.26. The van der Waals surface area contributed by atoms with Gasteiger partial charge in [0.05, 0.1) is 36.1 Å². The fourth-order valence-electron chi connectivity index (χ4n) is 2.94. The highest BCUT2D eigenvalue weighted by Gasteiger charge is 2.24. The van der Waals surface area contributed by atoms with E-state index in [0.717, 1.165) is 0 Å². The number of aliphatic hydroxyl groups excluding tert-OH is 2. The number of esters is 1. The third kappa shape index (κ3) is 8.17. The molecule has 0 saturated carbocycles. The summed E-state index contributed by atoms with van der Waals surface area (Å²) in [5.41, 5.74) is 0.388. The lowest BCUT2D eigenvalue weighted by Crippen LogP contribution is -2.32. The Morgan fingerprint density at radius 2 is 1.85 bits per heavy atom. The predicted octanol–water partition coefficient (Wildman–Crippen LogP) is 1.72. The topological polar surface area (TPSA) is 152 Å². The van der Waals surface area contributed by atoms with E-state index in [1.54, 1.807) is 13.0 Å². The standard InChI is InChI=1S/C21H27N3O8S/c1-2-31-21(27)8-5-9-23(33(30)20-7-4-3-6-19(20)24(28)29)10-11-32-18-12-16(14-25)22-17(13-18)15-26/h3-4,6-7,12-13,25-26H,2,5,8-11,14-15H2,1H3. The first-order valence-corrected chi connectivity index (χ1v) is 11.4. The molecule has 33 heavy (non-hydrogen) atoms. The molecule has 0 spiro atoms. The van der Waals surface area contributed by atoms with Gasteiger partial charge in [0, 0.05) is 37.7 Å². The number of para-hydroxylation sites is 1. The number of nitrogens with zero attached hydrogens (tertiary/aromatic N) is 3. The maximum absolute atomic E-state index is 13.2. The van der Waals surface area contributed by atoms with Crippen molar-refractivity contribution in [3.63, 3.8) is 0 Å². The van der Waals surface area contributed by atoms with E-state index in [-0.39, 0.29) is 62.5 Å². The van der Waals surface area contributed by atoms with Gasteiger partial charge in [0.1, 0.15) is 28.2 Å². The molecule has 0 fully saturated rings. The summed E-state index contributed by atoms with van der Waals surface area (Å²) in [5, 5.41) is 30.0. The van der Waals surface area contributed by atoms with Gasteiger partial charge < -0.3 is 19.7 Å². The van der Waals surface area contributed by atoms with Crippen molar-refractivity contribution in [1.82, 2.24) is 9.29 Å². The van der Waals surface area contributed by atoms with Gasteiger partial charge in [-0.25, -0.2) is 8.51 Å². The predicted molar refractivity (Wildman–Crippen MR) is 119 cm³/mol. The highest BCUT2D eigenvalue weighted by molar-refractivity contribution is 7.82. The van der Waals surface area contributed by atoms with E-state index >= 15 is 0 Å². The molecule has 1 atom stereocenters. The maximum atomic E-state index is 13.2. The number of hydrogen-bond acceptors (Lipinski definition) is 9. The first kappa shape index (κ1) is 26.3. The number of nitro groups is 1. The second-order valence-electron chi connectivity index (χ2n) is 6.76. The van der Waals surface area contributed by atoms with Crippen LogP contribution in [0.1, 0.15) is 31.2 Å². The molecule has 2 N–H and O–H groups in total. The number of benzene rings is 1. The van der Waals surface area contributed by atoms with Crippen LogP contribution >= 0.6 is 0 Å². The van der Waals surface area contributed by atoms with E-state index in [4.69, 9.17) is 9.47 Å². The smallest absolute Gasteiger partial charge is 0.305 e. The molecule has 1 heterocycles. The molecule has 180 valence electrons. The maximum Gasteiger partial charge on any atom is 0.305 e. The summed E-state index contributed by atoms with van der Waals surface area (Å²) in [4.78, 5) is 26.5. The van der Waals surface area contributed by atoms with Crippen LogP contribution in [0.5, 0.6) is 5.75 Å². The number of pyridine rings is 1. The summed E-state index contributed by atoms with van der Waals surface area (Å²) >= 11 is 0. The van der Waals surface area contributed by atoms with Crippen LogP contribution in [-0.2, 0) is 33.7 Å². The molecule has 0 bridgehead atoms. The molecule has 12 heteroatoms. The van der Waals surface area contributed by atoms with E-state index in [0.29, 0.717) is 23.6 Å². The molecule has 2 rings (SSSR count). The number of hydrogen-bond donors (Lipinski definition) is 2. The first-order chi connectivity index (χ1) is 15.9. The minimum Gasteiger partial charge on any atom is -0.492 e. The second kappa shape index (κ2) is 13.6. The molecule has 11 nitrogen and oxygen atoms in total. The van der Waals surface area contributed by atoms with E-state index in [2.05, 4.69) is 4.98 Å². The second-order valence-corrected chi connectivity index (χ2v) is 8.22. The zero-order chi connectivity index (χ0) is 24.2. The van der Waals surface area contributed by atoms with Crippen LogP contribution in [0, 0.1) is 10.1 Å². The van der Waals surface area contributed by atoms with Gasteiger partial charge in [-0.1, -0.05) is 12.1 Å². The third-order valence-corrected chi connectivity index (χ3v) is 5.97. The van der Waals surface area contributed by atoms with Gasteiger partial charge in [0.15, 0.2) is 0 Å². The number of rotatable bonds is 14. The SMILES string of the molecule is CCOC(=O)CCCN(CCOc1cc(CO)nc(CO)c1)S(=O)c1ccccc1[N+](=O)[O-]. The van der Waals surface area contributed by atoms with Crippen molar-refractivity contribution < 1.29 is 33.6 Å². The van der Waals surface area contributed by atoms with Crippen LogP contribution in [0.25, 0.3) is 0 Å². The number of ether oxygens (including phenoxy) is 2. The minimum absolute atomic E-state index is 0.0488. The molecular weight excluding hydrogens is 454 g/mol. The molecule has 0 radical (unpaired) electrons. The van der Waals surface area contributed by atoms with Gasteiger partial charge in [-0.05, 0) is 19.4 Å². The van der Waals surface area contributed by atoms with Crippen molar-refractivity contribution in [1.29, 1.82) is 0 Å². The zero-order valence-corrected chi connectivity index (χ0v) is 19.0. The van der Waals surface area contributed by atoms with Crippen molar-refractivity contribution in [2.75, 3.05) is 26.3 Å². The van der Waals surface area contributed by atoms with Gasteiger partial charge in [-0.15, -0.1) is 0 Å². The van der Waals surface area contributed by atoms with Crippen LogP contribution in [-0.4, -0.2) is 60.9 Å². The zero-order valence-electron chi connectivity index (χ0n) is 18.2. The van der Waals surface area contributed by atoms with Gasteiger partial charge in [-0.2, -0.15) is 0 Å². The van der Waals surface area contributed by atoms with E-state index in [1.165, 1.54) is 34.6 Å². The minimum atomic E-state index is -1.87. The number of aromatic nitrogens is 1. The Labute approximate surface area is 193 Å². The quantitative estimate of drug-likeness (QED) is 0.233. The molecule has 2 aromatic rings. The molecule has 0 aliphatic rings. The first-order valence-electron chi connectivity index (χ1n) is 10.3. The lowest BCUT2D eigenvalue weighted by Gasteiger charge is -2.21. The van der Waals surface area contributed by atoms with Crippen molar-refractivity contribution in [3.05, 3.63) is 57.9 Å². The number of carbonyl (C=O) groups is 1. The van der Waals surface area contributed by atoms with E-state index in [1.807, 2.05) is 0 Å². The van der Waals surface area contributed by atoms with Crippen LogP contribution in [0.2, 0.25) is 0 Å². The van der Waals surface area contributed by atoms with Crippen molar-refractivity contribution in [2.45, 2.75) is 37.9 Å². The summed E-state index contributed by atoms with van der Waals surface area (Å²) in [6, 6.07) is 8.81. The summed E-state index contributed by atoms with van der Waals surface area (Å²) in [6.07, 6.45) is 0.452. The summed E-state index contributed by atoms with van der Waals surface area (Å²) in [6.45, 7) is 1.71. The molecule has 0 aliphatic heterocycles. The van der Waals surface area contributed by atoms with Crippen molar-refractivity contribution in [3.8, 4) is 5.75 Å². The molecule has 1 aromatic heterocycles. The monoisotopic (exact) mass is 481 g/mol. The number of carbonyl (C=O) groups excluding carboxylic acids is 1. The van der Waals surface area contributed by atoms with Crippen molar-refractivity contribution in [2.24, 2.45) is 0 Å². The molecule has 0 aliphatic carbocycles. The van der Waals surface area contributed by atoms with Gasteiger partial charge >= 0.3 is 5.97 Å². The molecular formula is C21H27N3O8S. The largest absolute Gasteiger partial charge is 0.492 e. The van der Waals surface area contributed by atoms with Crippen LogP contribution in [0.3, 0.4) is 0 Å². The normalized spacial score (nSPS) is 11.9. The lowest BCUT2D eigenvalue weighted by molar-refractivity contribution is -0.387. The summed E-state index contributed by atoms with van der Waals surface area (Å²) < 4.78 is 25.3. The Kier molecular flexibility index (Phi) is 10.8. The van der Waals surface area contributed by atoms with Gasteiger partial charge in [0.25, 0.3) is 5.69 Å². The van der Waals surface area contributed by atoms with Crippen LogP contribution < -0.4 is 4.74 Å². The highest BCUT2D eigenvalue weighted by Crippen LogP contribution is 2.24. The average molecular weight is 482 g/mol. The number of nitro benzene ring substituents is 1. The average Bonchev–Trinajstić information content (AvgIpc) is 2.82. The Bertz CT molecular complexity index is 950. The lowest BCUT2D eigenvalue weighted by atomic mass is 10.3. The summed E-state index contributed by atoms with van der Waals surface area (Å²) in [5.74, 6) is -0.0175. The summed E-state index contributed by atoms with van der Waals surface area (Å²) in [7, 11) is -1.87. The fraction of sp³-hybridized carbons (Fsp3) is 0.429. The molecule has 1 aromatic carbocycles. The third-order valence-electron chi connectivity index (χ3n) is 4.42. The van der Waals surface area contributed by atoms with E-state index < -0.39 is 15.9 Å². The van der Waals surface area contributed by atoms with Gasteiger partial charge in [0.2, 0.25) is 0 Å². The van der Waals surface area contributed by atoms with Crippen LogP contribution in [0.4, 0.5) is 5.69 Å². The molecule has 1 unspecified atom stereocenters. The van der Waals surface area contributed by atoms with Crippen LogP contribution in [0.15, 0.2) is 41.3 Å². The molecule has 0 amide bonds. The van der Waals surface area contributed by atoms with E-state index in [9.17, 15) is 29.3 Å². The highest BCUT2D eigenvalue weighted by atomic mass is 32.2. The Hall–Kier alpha value is -2.93. The Balaban J connectivity index is 2.13.